The minimum atomic E-state index is -0.637. The summed E-state index contributed by atoms with van der Waals surface area (Å²) in [6.45, 7) is 15.7. The van der Waals surface area contributed by atoms with Gasteiger partial charge in [-0.25, -0.2) is 0 Å². The topological polar surface area (TPSA) is 129 Å². The van der Waals surface area contributed by atoms with Crippen LogP contribution in [0, 0.1) is 13.8 Å². The van der Waals surface area contributed by atoms with Crippen molar-refractivity contribution < 1.29 is 19.2 Å². The van der Waals surface area contributed by atoms with Gasteiger partial charge in [0.1, 0.15) is 0 Å². The van der Waals surface area contributed by atoms with Crippen LogP contribution in [-0.2, 0) is 10.8 Å². The number of amides is 4. The van der Waals surface area contributed by atoms with Crippen LogP contribution in [0.4, 0.5) is 0 Å². The number of carbonyl (C=O) groups is 4. The Morgan fingerprint density at radius 2 is 0.825 bits per heavy atom. The van der Waals surface area contributed by atoms with Gasteiger partial charge in [0.15, 0.2) is 0 Å². The maximum atomic E-state index is 12.9. The molecule has 0 aliphatic rings. The van der Waals surface area contributed by atoms with Crippen LogP contribution in [0.5, 0.6) is 0 Å². The van der Waals surface area contributed by atoms with Crippen LogP contribution in [0.2, 0.25) is 0 Å². The molecule has 9 nitrogen and oxygen atoms in total. The summed E-state index contributed by atoms with van der Waals surface area (Å²) in [6.07, 6.45) is 0. The molecule has 0 aliphatic carbocycles. The molecule has 2 aromatic carbocycles. The Bertz CT molecular complexity index is 1320. The molecule has 3 aromatic rings. The molecule has 0 radical (unpaired) electrons. The highest BCUT2D eigenvalue weighted by Gasteiger charge is 2.20. The van der Waals surface area contributed by atoms with E-state index in [9.17, 15) is 19.2 Å². The predicted molar refractivity (Wildman–Crippen MR) is 154 cm³/mol. The average molecular weight is 544 g/mol. The fourth-order valence-electron chi connectivity index (χ4n) is 3.93. The van der Waals surface area contributed by atoms with Crippen LogP contribution in [-0.4, -0.2) is 28.6 Å². The number of carbonyl (C=O) groups excluding carboxylic acids is 4. The molecular weight excluding hydrogens is 506 g/mol. The highest BCUT2D eigenvalue weighted by molar-refractivity contribution is 6.03. The van der Waals surface area contributed by atoms with Gasteiger partial charge in [0.25, 0.3) is 23.6 Å². The van der Waals surface area contributed by atoms with Gasteiger partial charge in [-0.1, -0.05) is 65.8 Å². The van der Waals surface area contributed by atoms with E-state index in [2.05, 4.69) is 68.2 Å². The van der Waals surface area contributed by atoms with Gasteiger partial charge in [-0.15, -0.1) is 0 Å². The molecule has 1 heterocycles. The second-order valence-corrected chi connectivity index (χ2v) is 11.7. The number of nitrogens with zero attached hydrogens (tertiary/aromatic N) is 1. The Balaban J connectivity index is 1.65. The quantitative estimate of drug-likeness (QED) is 0.362. The van der Waals surface area contributed by atoms with Crippen LogP contribution >= 0.6 is 0 Å². The van der Waals surface area contributed by atoms with Gasteiger partial charge < -0.3 is 0 Å². The number of hydrazine groups is 2. The monoisotopic (exact) mass is 543 g/mol. The van der Waals surface area contributed by atoms with E-state index in [1.807, 2.05) is 24.3 Å². The number of pyridine rings is 1. The van der Waals surface area contributed by atoms with E-state index >= 15 is 0 Å². The lowest BCUT2D eigenvalue weighted by Crippen LogP contribution is -2.43. The number of hydrogen-bond acceptors (Lipinski definition) is 5. The van der Waals surface area contributed by atoms with Crippen LogP contribution in [0.15, 0.2) is 54.6 Å². The van der Waals surface area contributed by atoms with Gasteiger partial charge in [-0.05, 0) is 66.1 Å². The highest BCUT2D eigenvalue weighted by Crippen LogP contribution is 2.23. The third-order valence-electron chi connectivity index (χ3n) is 6.50. The fraction of sp³-hybridized carbons (Fsp3) is 0.323. The van der Waals surface area contributed by atoms with Crippen molar-refractivity contribution >= 4 is 23.6 Å². The van der Waals surface area contributed by atoms with E-state index in [-0.39, 0.29) is 22.0 Å². The Kier molecular flexibility index (Phi) is 8.77. The molecule has 0 spiro atoms. The second kappa shape index (κ2) is 11.7. The highest BCUT2D eigenvalue weighted by atomic mass is 16.2. The molecule has 1 aromatic heterocycles. The molecule has 4 amide bonds. The van der Waals surface area contributed by atoms with Gasteiger partial charge in [-0.3, -0.25) is 45.9 Å². The van der Waals surface area contributed by atoms with Crippen LogP contribution < -0.4 is 21.7 Å². The zero-order chi connectivity index (χ0) is 29.8. The molecular formula is C31H37N5O4. The summed E-state index contributed by atoms with van der Waals surface area (Å²) in [4.78, 5) is 55.1. The van der Waals surface area contributed by atoms with E-state index in [1.165, 1.54) is 6.07 Å². The Morgan fingerprint density at radius 1 is 0.525 bits per heavy atom. The van der Waals surface area contributed by atoms with Crippen molar-refractivity contribution in [2.45, 2.75) is 66.2 Å². The van der Waals surface area contributed by atoms with E-state index in [4.69, 9.17) is 0 Å². The summed E-state index contributed by atoms with van der Waals surface area (Å²) in [7, 11) is 0. The summed E-state index contributed by atoms with van der Waals surface area (Å²) >= 11 is 0. The summed E-state index contributed by atoms with van der Waals surface area (Å²) in [5, 5.41) is 0. The van der Waals surface area contributed by atoms with Crippen molar-refractivity contribution in [1.29, 1.82) is 0 Å². The Morgan fingerprint density at radius 3 is 1.12 bits per heavy atom. The minimum Gasteiger partial charge on any atom is -0.267 e. The predicted octanol–water partition coefficient (Wildman–Crippen LogP) is 4.44. The first kappa shape index (κ1) is 30.0. The standard InChI is InChI=1S/C31H37N5O4/c1-18-24(28(39)35-33-26(37)20-9-13-22(14-10-20)30(3,4)5)17-25(19(2)32-18)29(40)36-34-27(38)21-11-15-23(16-12-21)31(6,7)8/h9-17H,1-8H3,(H,33,37)(H,34,38)(H,35,39)(H,36,40). The molecule has 4 N–H and O–H groups in total. The summed E-state index contributed by atoms with van der Waals surface area (Å²) in [5.41, 5.74) is 13.3. The van der Waals surface area contributed by atoms with Crippen molar-refractivity contribution in [3.8, 4) is 0 Å². The molecule has 0 saturated carbocycles. The van der Waals surface area contributed by atoms with E-state index in [1.54, 1.807) is 38.1 Å². The SMILES string of the molecule is Cc1nc(C)c(C(=O)NNC(=O)c2ccc(C(C)(C)C)cc2)cc1C(=O)NNC(=O)c1ccc(C(C)(C)C)cc1. The lowest BCUT2D eigenvalue weighted by atomic mass is 9.87. The number of nitrogens with one attached hydrogen (secondary N) is 4. The van der Waals surface area contributed by atoms with E-state index in [0.717, 1.165) is 11.1 Å². The normalized spacial score (nSPS) is 11.4. The van der Waals surface area contributed by atoms with Gasteiger partial charge >= 0.3 is 0 Å². The molecule has 0 fully saturated rings. The summed E-state index contributed by atoms with van der Waals surface area (Å²) < 4.78 is 0. The maximum absolute atomic E-state index is 12.9. The number of rotatable bonds is 4. The Labute approximate surface area is 235 Å². The van der Waals surface area contributed by atoms with Gasteiger partial charge in [0, 0.05) is 11.1 Å². The van der Waals surface area contributed by atoms with Gasteiger partial charge in [0.2, 0.25) is 0 Å². The first-order valence-corrected chi connectivity index (χ1v) is 13.0. The largest absolute Gasteiger partial charge is 0.271 e. The number of hydrogen-bond donors (Lipinski definition) is 4. The zero-order valence-corrected chi connectivity index (χ0v) is 24.3. The fourth-order valence-corrected chi connectivity index (χ4v) is 3.93. The third-order valence-corrected chi connectivity index (χ3v) is 6.50. The Hall–Kier alpha value is -4.53. The van der Waals surface area contributed by atoms with E-state index in [0.29, 0.717) is 22.5 Å². The van der Waals surface area contributed by atoms with Crippen molar-refractivity contribution in [3.05, 3.63) is 99.4 Å². The first-order chi connectivity index (χ1) is 18.6. The van der Waals surface area contributed by atoms with Gasteiger partial charge in [-0.2, -0.15) is 0 Å². The average Bonchev–Trinajstić information content (AvgIpc) is 2.89. The molecule has 9 heteroatoms. The molecule has 0 bridgehead atoms. The van der Waals surface area contributed by atoms with Crippen molar-refractivity contribution in [3.63, 3.8) is 0 Å². The number of aryl methyl sites for hydroxylation is 2. The van der Waals surface area contributed by atoms with E-state index < -0.39 is 23.6 Å². The minimum absolute atomic E-state index is 0.0519. The van der Waals surface area contributed by atoms with Crippen LogP contribution in [0.25, 0.3) is 0 Å². The zero-order valence-electron chi connectivity index (χ0n) is 24.3. The van der Waals surface area contributed by atoms with Gasteiger partial charge in [0.05, 0.1) is 22.5 Å². The summed E-state index contributed by atoms with van der Waals surface area (Å²) in [6, 6.07) is 15.6. The van der Waals surface area contributed by atoms with Crippen LogP contribution in [0.3, 0.4) is 0 Å². The number of benzene rings is 2. The second-order valence-electron chi connectivity index (χ2n) is 11.7. The molecule has 0 atom stereocenters. The third kappa shape index (κ3) is 7.31. The molecule has 0 unspecified atom stereocenters. The lowest BCUT2D eigenvalue weighted by molar-refractivity contribution is 0.0841. The van der Waals surface area contributed by atoms with Crippen LogP contribution in [0.1, 0.15) is 105 Å². The molecule has 3 rings (SSSR count). The molecule has 40 heavy (non-hydrogen) atoms. The molecule has 0 saturated heterocycles. The first-order valence-electron chi connectivity index (χ1n) is 13.0. The molecule has 210 valence electrons. The summed E-state index contributed by atoms with van der Waals surface area (Å²) in [5.74, 6) is -2.24. The number of aromatic nitrogens is 1. The van der Waals surface area contributed by atoms with Crippen molar-refractivity contribution in [2.75, 3.05) is 0 Å². The molecule has 0 aliphatic heterocycles. The smallest absolute Gasteiger partial charge is 0.267 e. The maximum Gasteiger partial charge on any atom is 0.271 e. The lowest BCUT2D eigenvalue weighted by Gasteiger charge is -2.19. The van der Waals surface area contributed by atoms with Crippen molar-refractivity contribution in [1.82, 2.24) is 26.7 Å². The van der Waals surface area contributed by atoms with Crippen molar-refractivity contribution in [2.24, 2.45) is 0 Å².